The van der Waals surface area contributed by atoms with Crippen LogP contribution in [0.1, 0.15) is 15.9 Å². The number of carbonyl (C=O) groups is 1. The highest BCUT2D eigenvalue weighted by molar-refractivity contribution is 7.92. The molecule has 0 saturated heterocycles. The number of aryl methyl sites for hydroxylation is 1. The van der Waals surface area contributed by atoms with Crippen molar-refractivity contribution >= 4 is 44.9 Å². The van der Waals surface area contributed by atoms with Crippen molar-refractivity contribution in [3.8, 4) is 11.5 Å². The van der Waals surface area contributed by atoms with Crippen molar-refractivity contribution in [1.82, 2.24) is 0 Å². The molecule has 0 unspecified atom stereocenters. The molecular weight excluding hydrogens is 461 g/mol. The molecule has 0 N–H and O–H groups in total. The van der Waals surface area contributed by atoms with Gasteiger partial charge in [0, 0.05) is 7.05 Å². The number of esters is 1. The van der Waals surface area contributed by atoms with Gasteiger partial charge in [-0.05, 0) is 48.9 Å². The van der Waals surface area contributed by atoms with Gasteiger partial charge in [-0.15, -0.1) is 0 Å². The number of sulfonamides is 1. The van der Waals surface area contributed by atoms with Crippen molar-refractivity contribution in [3.63, 3.8) is 0 Å². The van der Waals surface area contributed by atoms with Crippen molar-refractivity contribution in [2.24, 2.45) is 0 Å². The van der Waals surface area contributed by atoms with E-state index in [-0.39, 0.29) is 26.3 Å². The number of para-hydroxylation sites is 2. The smallest absolute Gasteiger partial charge is 0.343 e. The molecule has 6 nitrogen and oxygen atoms in total. The second-order valence-corrected chi connectivity index (χ2v) is 9.32. The minimum absolute atomic E-state index is 0.0735. The monoisotopic (exact) mass is 479 g/mol. The topological polar surface area (TPSA) is 72.9 Å². The first-order chi connectivity index (χ1) is 14.7. The van der Waals surface area contributed by atoms with Gasteiger partial charge in [-0.25, -0.2) is 13.2 Å². The van der Waals surface area contributed by atoms with E-state index < -0.39 is 16.0 Å². The average molecular weight is 480 g/mol. The Hall–Kier alpha value is -2.74. The lowest BCUT2D eigenvalue weighted by Crippen LogP contribution is -2.27. The Balaban J connectivity index is 1.98. The third-order valence-electron chi connectivity index (χ3n) is 4.63. The van der Waals surface area contributed by atoms with E-state index >= 15 is 0 Å². The van der Waals surface area contributed by atoms with E-state index in [9.17, 15) is 13.2 Å². The fourth-order valence-electron chi connectivity index (χ4n) is 2.88. The highest BCUT2D eigenvalue weighted by Crippen LogP contribution is 2.33. The van der Waals surface area contributed by atoms with Crippen molar-refractivity contribution in [2.45, 2.75) is 11.8 Å². The summed E-state index contributed by atoms with van der Waals surface area (Å²) in [6.45, 7) is 1.68. The number of halogens is 2. The number of rotatable bonds is 6. The summed E-state index contributed by atoms with van der Waals surface area (Å²) < 4.78 is 38.2. The van der Waals surface area contributed by atoms with Crippen LogP contribution in [0.5, 0.6) is 11.5 Å². The molecule has 0 aromatic heterocycles. The summed E-state index contributed by atoms with van der Waals surface area (Å²) in [6.07, 6.45) is 0. The van der Waals surface area contributed by atoms with Crippen molar-refractivity contribution in [2.75, 3.05) is 18.5 Å². The van der Waals surface area contributed by atoms with Gasteiger partial charge in [0.15, 0.2) is 5.75 Å². The molecule has 0 aliphatic carbocycles. The fourth-order valence-corrected chi connectivity index (χ4v) is 4.44. The number of ether oxygens (including phenoxy) is 2. The molecule has 0 heterocycles. The van der Waals surface area contributed by atoms with Gasteiger partial charge >= 0.3 is 5.97 Å². The summed E-state index contributed by atoms with van der Waals surface area (Å²) in [4.78, 5) is 12.7. The maximum atomic E-state index is 13.2. The summed E-state index contributed by atoms with van der Waals surface area (Å²) >= 11 is 12.0. The van der Waals surface area contributed by atoms with Gasteiger partial charge in [-0.3, -0.25) is 4.31 Å². The van der Waals surface area contributed by atoms with Gasteiger partial charge in [0.25, 0.3) is 10.0 Å². The molecule has 0 fully saturated rings. The molecule has 0 spiro atoms. The second-order valence-electron chi connectivity index (χ2n) is 6.56. The molecule has 0 bridgehead atoms. The highest BCUT2D eigenvalue weighted by Gasteiger charge is 2.26. The molecule has 3 rings (SSSR count). The lowest BCUT2D eigenvalue weighted by Gasteiger charge is -2.22. The molecule has 0 saturated carbocycles. The largest absolute Gasteiger partial charge is 0.495 e. The minimum atomic E-state index is -3.99. The summed E-state index contributed by atoms with van der Waals surface area (Å²) in [5.41, 5.74) is 0.994. The summed E-state index contributed by atoms with van der Waals surface area (Å²) in [5, 5.41) is 0.327. The molecule has 3 aromatic carbocycles. The number of hydrogen-bond donors (Lipinski definition) is 0. The standard InChI is InChI=1S/C22H19Cl2NO5S/c1-14-11-12-15(31(27,28)25(2)18-8-4-5-9-19(18)29-3)13-16(14)22(26)30-20-10-6-7-17(23)21(20)24/h4-13H,1-3H3. The van der Waals surface area contributed by atoms with Crippen LogP contribution >= 0.6 is 23.2 Å². The highest BCUT2D eigenvalue weighted by atomic mass is 35.5. The quantitative estimate of drug-likeness (QED) is 0.351. The number of methoxy groups -OCH3 is 1. The SMILES string of the molecule is COc1ccccc1N(C)S(=O)(=O)c1ccc(C)c(C(=O)Oc2cccc(Cl)c2Cl)c1. The van der Waals surface area contributed by atoms with Gasteiger partial charge < -0.3 is 9.47 Å². The second kappa shape index (κ2) is 9.18. The van der Waals surface area contributed by atoms with Crippen molar-refractivity contribution in [1.29, 1.82) is 0 Å². The van der Waals surface area contributed by atoms with Crippen molar-refractivity contribution in [3.05, 3.63) is 81.8 Å². The first kappa shape index (κ1) is 22.9. The Kier molecular flexibility index (Phi) is 6.79. The minimum Gasteiger partial charge on any atom is -0.495 e. The first-order valence-corrected chi connectivity index (χ1v) is 11.2. The van der Waals surface area contributed by atoms with Gasteiger partial charge in [-0.1, -0.05) is 47.5 Å². The lowest BCUT2D eigenvalue weighted by atomic mass is 10.1. The molecule has 3 aromatic rings. The first-order valence-electron chi connectivity index (χ1n) is 9.05. The zero-order chi connectivity index (χ0) is 22.8. The van der Waals surface area contributed by atoms with Crippen LogP contribution < -0.4 is 13.8 Å². The van der Waals surface area contributed by atoms with E-state index in [2.05, 4.69) is 0 Å². The summed E-state index contributed by atoms with van der Waals surface area (Å²) in [7, 11) is -1.11. The average Bonchev–Trinajstić information content (AvgIpc) is 2.76. The van der Waals surface area contributed by atoms with Gasteiger partial charge in [-0.2, -0.15) is 0 Å². The lowest BCUT2D eigenvalue weighted by molar-refractivity contribution is 0.0734. The number of carbonyl (C=O) groups excluding carboxylic acids is 1. The normalized spacial score (nSPS) is 11.1. The van der Waals surface area contributed by atoms with Crippen molar-refractivity contribution < 1.29 is 22.7 Å². The van der Waals surface area contributed by atoms with E-state index in [0.29, 0.717) is 17.0 Å². The van der Waals surface area contributed by atoms with Crippen LogP contribution in [-0.4, -0.2) is 28.5 Å². The third kappa shape index (κ3) is 4.63. The van der Waals surface area contributed by atoms with E-state index in [1.54, 1.807) is 49.4 Å². The van der Waals surface area contributed by atoms with Crippen LogP contribution in [0.4, 0.5) is 5.69 Å². The van der Waals surface area contributed by atoms with E-state index in [0.717, 1.165) is 4.31 Å². The number of hydrogen-bond acceptors (Lipinski definition) is 5. The molecule has 162 valence electrons. The molecule has 0 aliphatic rings. The van der Waals surface area contributed by atoms with Crippen LogP contribution in [0.15, 0.2) is 65.6 Å². The predicted molar refractivity (Wildman–Crippen MR) is 121 cm³/mol. The summed E-state index contributed by atoms with van der Waals surface area (Å²) in [6, 6.07) is 15.6. The van der Waals surface area contributed by atoms with Crippen LogP contribution in [0.2, 0.25) is 10.0 Å². The number of nitrogens with zero attached hydrogens (tertiary/aromatic N) is 1. The Labute approximate surface area is 191 Å². The molecule has 0 atom stereocenters. The number of benzene rings is 3. The van der Waals surface area contributed by atoms with Crippen LogP contribution in [0, 0.1) is 6.92 Å². The Morgan fingerprint density at radius 2 is 1.65 bits per heavy atom. The Morgan fingerprint density at radius 3 is 2.35 bits per heavy atom. The zero-order valence-electron chi connectivity index (χ0n) is 16.9. The van der Waals surface area contributed by atoms with Gasteiger partial charge in [0.1, 0.15) is 10.8 Å². The summed E-state index contributed by atoms with van der Waals surface area (Å²) in [5.74, 6) is -0.271. The molecular formula is C22H19Cl2NO5S. The van der Waals surface area contributed by atoms with Gasteiger partial charge in [0.2, 0.25) is 0 Å². The third-order valence-corrected chi connectivity index (χ3v) is 7.20. The Bertz CT molecular complexity index is 1240. The molecule has 31 heavy (non-hydrogen) atoms. The molecule has 0 aliphatic heterocycles. The fraction of sp³-hybridized carbons (Fsp3) is 0.136. The molecule has 9 heteroatoms. The number of anilines is 1. The van der Waals surface area contributed by atoms with Gasteiger partial charge in [0.05, 0.1) is 28.3 Å². The van der Waals surface area contributed by atoms with E-state index in [1.165, 1.54) is 32.4 Å². The van der Waals surface area contributed by atoms with Crippen LogP contribution in [0.25, 0.3) is 0 Å². The van der Waals surface area contributed by atoms with Crippen LogP contribution in [-0.2, 0) is 10.0 Å². The van der Waals surface area contributed by atoms with E-state index in [1.807, 2.05) is 0 Å². The Morgan fingerprint density at radius 1 is 0.968 bits per heavy atom. The van der Waals surface area contributed by atoms with E-state index in [4.69, 9.17) is 32.7 Å². The predicted octanol–water partition coefficient (Wildman–Crippen LogP) is 5.35. The molecule has 0 radical (unpaired) electrons. The maximum absolute atomic E-state index is 13.2. The zero-order valence-corrected chi connectivity index (χ0v) is 19.3. The molecule has 0 amide bonds. The maximum Gasteiger partial charge on any atom is 0.343 e. The van der Waals surface area contributed by atoms with Crippen LogP contribution in [0.3, 0.4) is 0 Å².